The average molecular weight is 228 g/mol. The van der Waals surface area contributed by atoms with Gasteiger partial charge in [0, 0.05) is 19.2 Å². The van der Waals surface area contributed by atoms with Crippen molar-refractivity contribution in [2.75, 3.05) is 13.6 Å². The number of carbonyl (C=O) groups excluding carboxylic acids is 2. The van der Waals surface area contributed by atoms with Gasteiger partial charge in [0.2, 0.25) is 5.91 Å². The minimum Gasteiger partial charge on any atom is -0.345 e. The third-order valence-corrected chi connectivity index (χ3v) is 3.02. The average Bonchev–Trinajstić information content (AvgIpc) is 2.69. The molecule has 0 aromatic heterocycles. The Morgan fingerprint density at radius 2 is 2.29 bits per heavy atom. The normalized spacial score (nSPS) is 19.2. The number of hydrogen-bond donors (Lipinski definition) is 0. The van der Waals surface area contributed by atoms with Gasteiger partial charge in [-0.3, -0.25) is 9.59 Å². The van der Waals surface area contributed by atoms with Crippen molar-refractivity contribution in [3.8, 4) is 6.07 Å². The molecule has 4 nitrogen and oxygen atoms in total. The topological polar surface area (TPSA) is 61.2 Å². The Labute approximate surface area is 99.5 Å². The number of amides is 1. The number of nitrogens with zero attached hydrogens (tertiary/aromatic N) is 2. The molecule has 1 unspecified atom stereocenters. The van der Waals surface area contributed by atoms with Crippen LogP contribution in [0.15, 0.2) is 24.3 Å². The van der Waals surface area contributed by atoms with Gasteiger partial charge in [-0.15, -0.1) is 0 Å². The van der Waals surface area contributed by atoms with Gasteiger partial charge in [-0.25, -0.2) is 0 Å². The molecule has 1 aliphatic rings. The van der Waals surface area contributed by atoms with Crippen molar-refractivity contribution in [2.45, 2.75) is 6.42 Å². The van der Waals surface area contributed by atoms with E-state index >= 15 is 0 Å². The van der Waals surface area contributed by atoms with E-state index in [0.29, 0.717) is 24.1 Å². The summed E-state index contributed by atoms with van der Waals surface area (Å²) in [6, 6.07) is 8.47. The SMILES string of the molecule is CN1CCC(C(=O)c2cccc(C#N)c2)C1=O. The van der Waals surface area contributed by atoms with Gasteiger partial charge < -0.3 is 4.90 Å². The number of ketones is 1. The summed E-state index contributed by atoms with van der Waals surface area (Å²) in [5, 5.41) is 8.77. The van der Waals surface area contributed by atoms with Gasteiger partial charge in [0.15, 0.2) is 5.78 Å². The Morgan fingerprint density at radius 3 is 2.88 bits per heavy atom. The lowest BCUT2D eigenvalue weighted by atomic mass is 9.95. The molecule has 0 saturated carbocycles. The van der Waals surface area contributed by atoms with Crippen LogP contribution in [-0.2, 0) is 4.79 Å². The molecule has 0 bridgehead atoms. The highest BCUT2D eigenvalue weighted by atomic mass is 16.2. The molecule has 0 spiro atoms. The van der Waals surface area contributed by atoms with E-state index in [2.05, 4.69) is 0 Å². The van der Waals surface area contributed by atoms with Crippen LogP contribution in [0.25, 0.3) is 0 Å². The van der Waals surface area contributed by atoms with Crippen LogP contribution >= 0.6 is 0 Å². The lowest BCUT2D eigenvalue weighted by Crippen LogP contribution is -2.27. The molecule has 1 aromatic carbocycles. The molecule has 4 heteroatoms. The number of Topliss-reactive ketones (excluding diaryl/α,β-unsaturated/α-hetero) is 1. The van der Waals surface area contributed by atoms with Gasteiger partial charge in [0.05, 0.1) is 11.6 Å². The number of hydrogen-bond acceptors (Lipinski definition) is 3. The van der Waals surface area contributed by atoms with Crippen molar-refractivity contribution in [2.24, 2.45) is 5.92 Å². The fraction of sp³-hybridized carbons (Fsp3) is 0.308. The number of carbonyl (C=O) groups is 2. The van der Waals surface area contributed by atoms with Gasteiger partial charge in [-0.1, -0.05) is 12.1 Å². The predicted octanol–water partition coefficient (Wildman–Crippen LogP) is 1.22. The van der Waals surface area contributed by atoms with Crippen LogP contribution in [0.4, 0.5) is 0 Å². The molecule has 17 heavy (non-hydrogen) atoms. The minimum absolute atomic E-state index is 0.127. The number of nitriles is 1. The maximum absolute atomic E-state index is 12.1. The third kappa shape index (κ3) is 2.04. The second-order valence-electron chi connectivity index (χ2n) is 4.16. The molecule has 2 rings (SSSR count). The third-order valence-electron chi connectivity index (χ3n) is 3.02. The lowest BCUT2D eigenvalue weighted by Gasteiger charge is -2.09. The van der Waals surface area contributed by atoms with E-state index in [0.717, 1.165) is 0 Å². The quantitative estimate of drug-likeness (QED) is 0.564. The first-order valence-corrected chi connectivity index (χ1v) is 5.43. The van der Waals surface area contributed by atoms with Crippen molar-refractivity contribution >= 4 is 11.7 Å². The van der Waals surface area contributed by atoms with Crippen molar-refractivity contribution in [3.63, 3.8) is 0 Å². The standard InChI is InChI=1S/C13H12N2O2/c1-15-6-5-11(13(15)17)12(16)10-4-2-3-9(7-10)8-14/h2-4,7,11H,5-6H2,1H3. The summed E-state index contributed by atoms with van der Waals surface area (Å²) in [7, 11) is 1.70. The Bertz CT molecular complexity index is 516. The Balaban J connectivity index is 2.26. The van der Waals surface area contributed by atoms with Gasteiger partial charge in [0.25, 0.3) is 0 Å². The van der Waals surface area contributed by atoms with Gasteiger partial charge in [-0.05, 0) is 18.6 Å². The summed E-state index contributed by atoms with van der Waals surface area (Å²) in [4.78, 5) is 25.4. The highest BCUT2D eigenvalue weighted by Crippen LogP contribution is 2.21. The van der Waals surface area contributed by atoms with Crippen molar-refractivity contribution in [1.29, 1.82) is 5.26 Å². The number of benzene rings is 1. The van der Waals surface area contributed by atoms with Crippen LogP contribution in [0.3, 0.4) is 0 Å². The van der Waals surface area contributed by atoms with E-state index in [-0.39, 0.29) is 11.7 Å². The number of likely N-dealkylation sites (tertiary alicyclic amines) is 1. The summed E-state index contributed by atoms with van der Waals surface area (Å²) in [6.45, 7) is 0.618. The summed E-state index contributed by atoms with van der Waals surface area (Å²) < 4.78 is 0. The maximum atomic E-state index is 12.1. The molecule has 1 saturated heterocycles. The van der Waals surface area contributed by atoms with Gasteiger partial charge in [-0.2, -0.15) is 5.26 Å². The van der Waals surface area contributed by atoms with Crippen molar-refractivity contribution < 1.29 is 9.59 Å². The smallest absolute Gasteiger partial charge is 0.233 e. The Hall–Kier alpha value is -2.15. The second-order valence-corrected chi connectivity index (χ2v) is 4.16. The largest absolute Gasteiger partial charge is 0.345 e. The molecule has 0 radical (unpaired) electrons. The zero-order valence-corrected chi connectivity index (χ0v) is 9.51. The first kappa shape index (κ1) is 11.3. The molecule has 1 amide bonds. The molecular weight excluding hydrogens is 216 g/mol. The van der Waals surface area contributed by atoms with E-state index in [9.17, 15) is 9.59 Å². The zero-order chi connectivity index (χ0) is 12.4. The van der Waals surface area contributed by atoms with Crippen LogP contribution in [0.2, 0.25) is 0 Å². The molecule has 1 heterocycles. The second kappa shape index (κ2) is 4.38. The fourth-order valence-electron chi connectivity index (χ4n) is 2.01. The fourth-order valence-corrected chi connectivity index (χ4v) is 2.01. The molecule has 86 valence electrons. The first-order valence-electron chi connectivity index (χ1n) is 5.43. The molecular formula is C13H12N2O2. The predicted molar refractivity (Wildman–Crippen MR) is 61.2 cm³/mol. The summed E-state index contributed by atoms with van der Waals surface area (Å²) in [6.07, 6.45) is 0.560. The monoisotopic (exact) mass is 228 g/mol. The molecule has 1 atom stereocenters. The van der Waals surface area contributed by atoms with Crippen LogP contribution in [0.1, 0.15) is 22.3 Å². The van der Waals surface area contributed by atoms with E-state index in [4.69, 9.17) is 5.26 Å². The van der Waals surface area contributed by atoms with Crippen LogP contribution < -0.4 is 0 Å². The molecule has 1 aromatic rings. The minimum atomic E-state index is -0.575. The van der Waals surface area contributed by atoms with Crippen molar-refractivity contribution in [1.82, 2.24) is 4.90 Å². The van der Waals surface area contributed by atoms with Crippen LogP contribution in [-0.4, -0.2) is 30.2 Å². The highest BCUT2D eigenvalue weighted by Gasteiger charge is 2.35. The molecule has 1 aliphatic heterocycles. The van der Waals surface area contributed by atoms with Crippen molar-refractivity contribution in [3.05, 3.63) is 35.4 Å². The maximum Gasteiger partial charge on any atom is 0.233 e. The van der Waals surface area contributed by atoms with Crippen LogP contribution in [0, 0.1) is 17.2 Å². The van der Waals surface area contributed by atoms with Crippen LogP contribution in [0.5, 0.6) is 0 Å². The van der Waals surface area contributed by atoms with E-state index in [1.807, 2.05) is 6.07 Å². The van der Waals surface area contributed by atoms with E-state index in [1.54, 1.807) is 30.1 Å². The molecule has 1 fully saturated rings. The summed E-state index contributed by atoms with van der Waals surface area (Å²) in [5.41, 5.74) is 0.882. The van der Waals surface area contributed by atoms with Gasteiger partial charge >= 0.3 is 0 Å². The summed E-state index contributed by atoms with van der Waals surface area (Å²) >= 11 is 0. The van der Waals surface area contributed by atoms with E-state index in [1.165, 1.54) is 6.07 Å². The Morgan fingerprint density at radius 1 is 1.53 bits per heavy atom. The molecule has 0 N–H and O–H groups in total. The summed E-state index contributed by atoms with van der Waals surface area (Å²) in [5.74, 6) is -0.886. The molecule has 0 aliphatic carbocycles. The lowest BCUT2D eigenvalue weighted by molar-refractivity contribution is -0.128. The van der Waals surface area contributed by atoms with Gasteiger partial charge in [0.1, 0.15) is 5.92 Å². The van der Waals surface area contributed by atoms with E-state index < -0.39 is 5.92 Å². The zero-order valence-electron chi connectivity index (χ0n) is 9.51. The number of rotatable bonds is 2. The first-order chi connectivity index (χ1) is 8.13. The highest BCUT2D eigenvalue weighted by molar-refractivity contribution is 6.10. The Kier molecular flexibility index (Phi) is 2.92.